The van der Waals surface area contributed by atoms with Gasteiger partial charge in [-0.15, -0.1) is 11.6 Å². The Kier molecular flexibility index (Phi) is 7.52. The molecule has 0 radical (unpaired) electrons. The maximum absolute atomic E-state index is 8.83. The van der Waals surface area contributed by atoms with E-state index in [2.05, 4.69) is 13.0 Å². The predicted octanol–water partition coefficient (Wildman–Crippen LogP) is 5.51. The number of alkyl halides is 1. The third-order valence-electron chi connectivity index (χ3n) is 6.65. The molecule has 2 aliphatic carbocycles. The van der Waals surface area contributed by atoms with Crippen LogP contribution in [0.15, 0.2) is 0 Å². The summed E-state index contributed by atoms with van der Waals surface area (Å²) in [6, 6.07) is 2.22. The molecule has 1 aliphatic heterocycles. The van der Waals surface area contributed by atoms with E-state index in [1.165, 1.54) is 64.2 Å². The van der Waals surface area contributed by atoms with Crippen molar-refractivity contribution in [2.45, 2.75) is 101 Å². The van der Waals surface area contributed by atoms with E-state index in [0.717, 1.165) is 6.42 Å². The first-order valence-corrected chi connectivity index (χ1v) is 11.0. The quantitative estimate of drug-likeness (QED) is 0.460. The van der Waals surface area contributed by atoms with Crippen LogP contribution < -0.4 is 0 Å². The van der Waals surface area contributed by atoms with Gasteiger partial charge < -0.3 is 9.31 Å². The SMILES string of the molecule is C[C@@H](CCC#N)[C@@H](Cl)B1O[C@H](C2CCCCC2)[C@@H](C2CCCCC2)O1. The molecule has 4 atom stereocenters. The summed E-state index contributed by atoms with van der Waals surface area (Å²) in [5.74, 6) is 1.52. The minimum atomic E-state index is -0.297. The Hall–Kier alpha value is -0.235. The van der Waals surface area contributed by atoms with Crippen LogP contribution in [0.5, 0.6) is 0 Å². The zero-order chi connectivity index (χ0) is 17.6. The van der Waals surface area contributed by atoms with Crippen molar-refractivity contribution in [1.82, 2.24) is 0 Å². The summed E-state index contributed by atoms with van der Waals surface area (Å²) >= 11 is 6.72. The Bertz CT molecular complexity index is 419. The van der Waals surface area contributed by atoms with Gasteiger partial charge in [-0.05, 0) is 49.9 Å². The van der Waals surface area contributed by atoms with Gasteiger partial charge in [0.15, 0.2) is 0 Å². The van der Waals surface area contributed by atoms with E-state index in [-0.39, 0.29) is 30.5 Å². The largest absolute Gasteiger partial charge is 0.476 e. The second-order valence-corrected chi connectivity index (χ2v) is 8.99. The third-order valence-corrected chi connectivity index (χ3v) is 7.29. The van der Waals surface area contributed by atoms with Crippen LogP contribution in [0.2, 0.25) is 0 Å². The highest BCUT2D eigenvalue weighted by atomic mass is 35.5. The Morgan fingerprint density at radius 2 is 1.44 bits per heavy atom. The molecule has 3 rings (SSSR count). The lowest BCUT2D eigenvalue weighted by Crippen LogP contribution is -2.38. The smallest absolute Gasteiger partial charge is 0.404 e. The van der Waals surface area contributed by atoms with Gasteiger partial charge in [0.25, 0.3) is 0 Å². The third kappa shape index (κ3) is 4.93. The maximum Gasteiger partial charge on any atom is 0.476 e. The molecule has 0 spiro atoms. The van der Waals surface area contributed by atoms with E-state index < -0.39 is 0 Å². The van der Waals surface area contributed by atoms with E-state index in [9.17, 15) is 0 Å². The van der Waals surface area contributed by atoms with Crippen molar-refractivity contribution < 1.29 is 9.31 Å². The lowest BCUT2D eigenvalue weighted by atomic mass is 9.75. The van der Waals surface area contributed by atoms with Crippen molar-refractivity contribution in [3.8, 4) is 6.07 Å². The van der Waals surface area contributed by atoms with Crippen molar-refractivity contribution in [3.63, 3.8) is 0 Å². The second-order valence-electron chi connectivity index (χ2n) is 8.48. The molecule has 0 unspecified atom stereocenters. The molecule has 1 saturated heterocycles. The summed E-state index contributed by atoms with van der Waals surface area (Å²) in [5.41, 5.74) is 0. The average Bonchev–Trinajstić information content (AvgIpc) is 3.12. The van der Waals surface area contributed by atoms with Gasteiger partial charge in [-0.3, -0.25) is 0 Å². The molecular formula is C20H33BClNO2. The van der Waals surface area contributed by atoms with Crippen molar-refractivity contribution >= 4 is 18.7 Å². The van der Waals surface area contributed by atoms with E-state index in [1.54, 1.807) is 0 Å². The minimum Gasteiger partial charge on any atom is -0.404 e. The summed E-state index contributed by atoms with van der Waals surface area (Å²) in [6.07, 6.45) is 15.0. The number of rotatable bonds is 6. The Morgan fingerprint density at radius 1 is 0.960 bits per heavy atom. The second kappa shape index (κ2) is 9.63. The molecule has 2 saturated carbocycles. The molecule has 3 aliphatic rings. The fourth-order valence-corrected chi connectivity index (χ4v) is 5.30. The molecule has 0 aromatic carbocycles. The first kappa shape index (κ1) is 19.5. The van der Waals surface area contributed by atoms with Gasteiger partial charge in [0.1, 0.15) is 0 Å². The van der Waals surface area contributed by atoms with Gasteiger partial charge in [0.2, 0.25) is 0 Å². The zero-order valence-electron chi connectivity index (χ0n) is 15.7. The Balaban J connectivity index is 1.66. The van der Waals surface area contributed by atoms with E-state index in [0.29, 0.717) is 18.3 Å². The average molecular weight is 366 g/mol. The van der Waals surface area contributed by atoms with Crippen LogP contribution in [-0.2, 0) is 9.31 Å². The highest BCUT2D eigenvalue weighted by Gasteiger charge is 2.50. The fraction of sp³-hybridized carbons (Fsp3) is 0.950. The molecular weight excluding hydrogens is 332 g/mol. The van der Waals surface area contributed by atoms with Crippen molar-refractivity contribution in [2.75, 3.05) is 0 Å². The van der Waals surface area contributed by atoms with E-state index in [4.69, 9.17) is 26.2 Å². The van der Waals surface area contributed by atoms with Crippen LogP contribution >= 0.6 is 11.6 Å². The molecule has 0 bridgehead atoms. The van der Waals surface area contributed by atoms with Gasteiger partial charge in [0.05, 0.1) is 23.6 Å². The lowest BCUT2D eigenvalue weighted by molar-refractivity contribution is 0.0324. The normalized spacial score (nSPS) is 31.6. The fourth-order valence-electron chi connectivity index (χ4n) is 5.05. The molecule has 140 valence electrons. The van der Waals surface area contributed by atoms with Gasteiger partial charge in [0, 0.05) is 6.42 Å². The highest BCUT2D eigenvalue weighted by molar-refractivity contribution is 6.59. The molecule has 5 heteroatoms. The maximum atomic E-state index is 8.83. The monoisotopic (exact) mass is 365 g/mol. The topological polar surface area (TPSA) is 42.2 Å². The number of nitrogens with zero attached hydrogens (tertiary/aromatic N) is 1. The van der Waals surface area contributed by atoms with Crippen molar-refractivity contribution in [1.29, 1.82) is 5.26 Å². The van der Waals surface area contributed by atoms with Gasteiger partial charge in [-0.1, -0.05) is 45.4 Å². The lowest BCUT2D eigenvalue weighted by Gasteiger charge is -2.35. The molecule has 3 fully saturated rings. The molecule has 25 heavy (non-hydrogen) atoms. The van der Waals surface area contributed by atoms with Crippen LogP contribution in [0.25, 0.3) is 0 Å². The molecule has 0 amide bonds. The van der Waals surface area contributed by atoms with E-state index in [1.807, 2.05) is 0 Å². The molecule has 0 N–H and O–H groups in total. The number of hydrogen-bond donors (Lipinski definition) is 0. The first-order chi connectivity index (χ1) is 12.2. The molecule has 3 nitrogen and oxygen atoms in total. The number of hydrogen-bond acceptors (Lipinski definition) is 3. The summed E-state index contributed by atoms with van der Waals surface area (Å²) in [5, 5.41) is 8.67. The first-order valence-electron chi connectivity index (χ1n) is 10.5. The molecule has 0 aromatic rings. The van der Waals surface area contributed by atoms with Crippen LogP contribution in [0.4, 0.5) is 0 Å². The van der Waals surface area contributed by atoms with Crippen LogP contribution in [0, 0.1) is 29.1 Å². The van der Waals surface area contributed by atoms with Gasteiger partial charge in [-0.25, -0.2) is 0 Å². The van der Waals surface area contributed by atoms with Crippen LogP contribution in [0.3, 0.4) is 0 Å². The summed E-state index contributed by atoms with van der Waals surface area (Å²) < 4.78 is 13.0. The predicted molar refractivity (Wildman–Crippen MR) is 102 cm³/mol. The van der Waals surface area contributed by atoms with Crippen LogP contribution in [0.1, 0.15) is 84.0 Å². The Morgan fingerprint density at radius 3 is 1.88 bits per heavy atom. The summed E-state index contributed by atoms with van der Waals surface area (Å²) in [4.78, 5) is 0. The zero-order valence-corrected chi connectivity index (χ0v) is 16.4. The molecule has 1 heterocycles. The van der Waals surface area contributed by atoms with Gasteiger partial charge in [-0.2, -0.15) is 5.26 Å². The molecule has 0 aromatic heterocycles. The summed E-state index contributed by atoms with van der Waals surface area (Å²) in [6.45, 7) is 2.12. The highest BCUT2D eigenvalue weighted by Crippen LogP contribution is 2.41. The van der Waals surface area contributed by atoms with Crippen LogP contribution in [-0.4, -0.2) is 24.6 Å². The number of nitriles is 1. The standard InChI is InChI=1S/C20H33BClNO2/c1-15(9-8-14-23)20(22)21-24-18(16-10-4-2-5-11-16)19(25-21)17-12-6-3-7-13-17/h15-20H,2-13H2,1H3/t15-,18+,19+,20+/m0/s1. The Labute approximate surface area is 158 Å². The summed E-state index contributed by atoms with van der Waals surface area (Å²) in [7, 11) is -0.297. The van der Waals surface area contributed by atoms with E-state index >= 15 is 0 Å². The van der Waals surface area contributed by atoms with Gasteiger partial charge >= 0.3 is 7.12 Å². The van der Waals surface area contributed by atoms with Crippen molar-refractivity contribution in [3.05, 3.63) is 0 Å². The number of halogens is 1. The minimum absolute atomic E-state index is 0.159. The van der Waals surface area contributed by atoms with Crippen molar-refractivity contribution in [2.24, 2.45) is 17.8 Å².